The lowest BCUT2D eigenvalue weighted by molar-refractivity contribution is 0.0948. The average molecular weight is 378 g/mol. The van der Waals surface area contributed by atoms with Gasteiger partial charge >= 0.3 is 0 Å². The van der Waals surface area contributed by atoms with Crippen molar-refractivity contribution >= 4 is 17.4 Å². The van der Waals surface area contributed by atoms with Crippen molar-refractivity contribution in [2.75, 3.05) is 11.9 Å². The summed E-state index contributed by atoms with van der Waals surface area (Å²) in [5.74, 6) is 0.426. The number of amides is 1. The van der Waals surface area contributed by atoms with Crippen molar-refractivity contribution in [2.45, 2.75) is 26.2 Å². The molecule has 1 amide bonds. The lowest BCUT2D eigenvalue weighted by Gasteiger charge is -2.09. The molecule has 0 radical (unpaired) electrons. The lowest BCUT2D eigenvalue weighted by atomic mass is 10.0. The Morgan fingerprint density at radius 1 is 1.04 bits per heavy atom. The zero-order valence-electron chi connectivity index (χ0n) is 15.9. The fourth-order valence-corrected chi connectivity index (χ4v) is 2.71. The Kier molecular flexibility index (Phi) is 6.32. The van der Waals surface area contributed by atoms with Crippen LogP contribution in [0.15, 0.2) is 60.9 Å². The van der Waals surface area contributed by atoms with Gasteiger partial charge in [0, 0.05) is 12.2 Å². The third-order valence-corrected chi connectivity index (χ3v) is 4.37. The first kappa shape index (κ1) is 19.5. The number of rotatable bonds is 7. The van der Waals surface area contributed by atoms with Gasteiger partial charge in [0.25, 0.3) is 5.91 Å². The molecule has 3 aromatic rings. The number of nitrogens with zero attached hydrogens (tertiary/aromatic N) is 2. The zero-order valence-corrected chi connectivity index (χ0v) is 15.9. The number of benzene rings is 2. The highest BCUT2D eigenvalue weighted by Gasteiger charge is 2.09. The number of carbonyl (C=O) groups is 1. The molecule has 0 aliphatic heterocycles. The van der Waals surface area contributed by atoms with E-state index in [0.717, 1.165) is 5.69 Å². The molecule has 0 aliphatic rings. The number of hydrogen-bond acceptors (Lipinski definition) is 4. The highest BCUT2D eigenvalue weighted by molar-refractivity contribution is 5.92. The van der Waals surface area contributed by atoms with Crippen LogP contribution in [0.2, 0.25) is 0 Å². The Bertz CT molecular complexity index is 924. The molecule has 1 heterocycles. The normalized spacial score (nSPS) is 10.7. The van der Waals surface area contributed by atoms with E-state index in [-0.39, 0.29) is 17.4 Å². The van der Waals surface area contributed by atoms with Gasteiger partial charge in [-0.05, 0) is 41.7 Å². The van der Waals surface area contributed by atoms with Crippen LogP contribution in [0.1, 0.15) is 41.4 Å². The van der Waals surface area contributed by atoms with Crippen molar-refractivity contribution in [2.24, 2.45) is 0 Å². The Balaban J connectivity index is 1.53. The van der Waals surface area contributed by atoms with Crippen LogP contribution in [-0.2, 0) is 6.42 Å². The number of halogens is 1. The van der Waals surface area contributed by atoms with Gasteiger partial charge in [0.15, 0.2) is 0 Å². The monoisotopic (exact) mass is 378 g/mol. The Morgan fingerprint density at radius 3 is 2.43 bits per heavy atom. The zero-order chi connectivity index (χ0) is 19.9. The van der Waals surface area contributed by atoms with Crippen LogP contribution in [0.3, 0.4) is 0 Å². The van der Waals surface area contributed by atoms with Crippen LogP contribution in [0.5, 0.6) is 0 Å². The first-order valence-corrected chi connectivity index (χ1v) is 9.23. The smallest absolute Gasteiger partial charge is 0.271 e. The van der Waals surface area contributed by atoms with Crippen molar-refractivity contribution in [3.8, 4) is 0 Å². The summed E-state index contributed by atoms with van der Waals surface area (Å²) < 4.78 is 13.6. The molecule has 0 bridgehead atoms. The number of anilines is 2. The summed E-state index contributed by atoms with van der Waals surface area (Å²) in [5, 5.41) is 5.89. The van der Waals surface area contributed by atoms with Crippen molar-refractivity contribution in [1.82, 2.24) is 15.3 Å². The summed E-state index contributed by atoms with van der Waals surface area (Å²) in [6.45, 7) is 4.62. The quantitative estimate of drug-likeness (QED) is 0.637. The fourth-order valence-electron chi connectivity index (χ4n) is 2.71. The van der Waals surface area contributed by atoms with Crippen molar-refractivity contribution in [3.63, 3.8) is 0 Å². The number of nitrogens with one attached hydrogen (secondary N) is 2. The van der Waals surface area contributed by atoms with Gasteiger partial charge < -0.3 is 10.6 Å². The van der Waals surface area contributed by atoms with E-state index in [4.69, 9.17) is 0 Å². The van der Waals surface area contributed by atoms with Crippen molar-refractivity contribution in [3.05, 3.63) is 83.6 Å². The Morgan fingerprint density at radius 2 is 1.79 bits per heavy atom. The molecular weight excluding hydrogens is 355 g/mol. The molecule has 1 aromatic heterocycles. The fraction of sp³-hybridized carbons (Fsp3) is 0.227. The molecule has 3 rings (SSSR count). The van der Waals surface area contributed by atoms with Crippen LogP contribution >= 0.6 is 0 Å². The first-order chi connectivity index (χ1) is 13.5. The van der Waals surface area contributed by atoms with Gasteiger partial charge in [0.1, 0.15) is 17.3 Å². The standard InChI is InChI=1S/C22H23FN4O/c1-15(2)16-7-9-18(10-8-16)27-21-14-25-20(13-26-21)22(28)24-12-11-17-5-3-4-6-19(17)23/h3-10,13-15H,11-12H2,1-2H3,(H,24,28)(H,26,27). The third-order valence-electron chi connectivity index (χ3n) is 4.37. The van der Waals surface area contributed by atoms with E-state index in [9.17, 15) is 9.18 Å². The highest BCUT2D eigenvalue weighted by atomic mass is 19.1. The van der Waals surface area contributed by atoms with Gasteiger partial charge in [-0.1, -0.05) is 44.2 Å². The summed E-state index contributed by atoms with van der Waals surface area (Å²) >= 11 is 0. The van der Waals surface area contributed by atoms with Crippen LogP contribution in [-0.4, -0.2) is 22.4 Å². The molecule has 2 aromatic carbocycles. The van der Waals surface area contributed by atoms with Crippen LogP contribution in [0, 0.1) is 5.82 Å². The van der Waals surface area contributed by atoms with E-state index < -0.39 is 0 Å². The molecule has 0 fully saturated rings. The molecule has 0 aliphatic carbocycles. The molecule has 0 unspecified atom stereocenters. The number of aromatic nitrogens is 2. The van der Waals surface area contributed by atoms with E-state index in [1.165, 1.54) is 24.0 Å². The summed E-state index contributed by atoms with van der Waals surface area (Å²) in [6, 6.07) is 14.6. The van der Waals surface area contributed by atoms with Gasteiger partial charge in [-0.25, -0.2) is 14.4 Å². The van der Waals surface area contributed by atoms with E-state index in [1.807, 2.05) is 12.1 Å². The third kappa shape index (κ3) is 5.13. The highest BCUT2D eigenvalue weighted by Crippen LogP contribution is 2.19. The minimum absolute atomic E-state index is 0.217. The molecule has 0 spiro atoms. The predicted molar refractivity (Wildman–Crippen MR) is 108 cm³/mol. The maximum atomic E-state index is 13.6. The molecule has 0 saturated heterocycles. The SMILES string of the molecule is CC(C)c1ccc(Nc2cnc(C(=O)NCCc3ccccc3F)cn2)cc1. The molecule has 0 atom stereocenters. The first-order valence-electron chi connectivity index (χ1n) is 9.23. The van der Waals surface area contributed by atoms with E-state index in [0.29, 0.717) is 30.3 Å². The Labute approximate surface area is 164 Å². The lowest BCUT2D eigenvalue weighted by Crippen LogP contribution is -2.26. The van der Waals surface area contributed by atoms with Gasteiger partial charge in [-0.3, -0.25) is 4.79 Å². The summed E-state index contributed by atoms with van der Waals surface area (Å²) in [4.78, 5) is 20.6. The average Bonchev–Trinajstić information content (AvgIpc) is 2.70. The summed E-state index contributed by atoms with van der Waals surface area (Å²) in [5.41, 5.74) is 2.95. The van der Waals surface area contributed by atoms with E-state index in [1.54, 1.807) is 18.2 Å². The number of carbonyl (C=O) groups excluding carboxylic acids is 1. The van der Waals surface area contributed by atoms with E-state index in [2.05, 4.69) is 46.6 Å². The predicted octanol–water partition coefficient (Wildman–Crippen LogP) is 4.46. The van der Waals surface area contributed by atoms with Crippen LogP contribution in [0.25, 0.3) is 0 Å². The minimum Gasteiger partial charge on any atom is -0.350 e. The molecule has 6 heteroatoms. The molecule has 2 N–H and O–H groups in total. The molecule has 144 valence electrons. The van der Waals surface area contributed by atoms with Gasteiger partial charge in [-0.2, -0.15) is 0 Å². The molecular formula is C22H23FN4O. The van der Waals surface area contributed by atoms with Crippen molar-refractivity contribution < 1.29 is 9.18 Å². The van der Waals surface area contributed by atoms with Gasteiger partial charge in [-0.15, -0.1) is 0 Å². The summed E-state index contributed by atoms with van der Waals surface area (Å²) in [7, 11) is 0. The second kappa shape index (κ2) is 9.08. The molecule has 0 saturated carbocycles. The van der Waals surface area contributed by atoms with E-state index >= 15 is 0 Å². The topological polar surface area (TPSA) is 66.9 Å². The van der Waals surface area contributed by atoms with Gasteiger partial charge in [0.2, 0.25) is 0 Å². The molecule has 28 heavy (non-hydrogen) atoms. The maximum Gasteiger partial charge on any atom is 0.271 e. The van der Waals surface area contributed by atoms with Crippen molar-refractivity contribution in [1.29, 1.82) is 0 Å². The minimum atomic E-state index is -0.336. The Hall–Kier alpha value is -3.28. The van der Waals surface area contributed by atoms with Crippen LogP contribution < -0.4 is 10.6 Å². The second-order valence-corrected chi connectivity index (χ2v) is 6.79. The van der Waals surface area contributed by atoms with Crippen LogP contribution in [0.4, 0.5) is 15.9 Å². The largest absolute Gasteiger partial charge is 0.350 e. The second-order valence-electron chi connectivity index (χ2n) is 6.79. The molecule has 5 nitrogen and oxygen atoms in total. The summed E-state index contributed by atoms with van der Waals surface area (Å²) in [6.07, 6.45) is 3.35. The van der Waals surface area contributed by atoms with Gasteiger partial charge in [0.05, 0.1) is 12.4 Å². The number of hydrogen-bond donors (Lipinski definition) is 2. The maximum absolute atomic E-state index is 13.6.